The van der Waals surface area contributed by atoms with E-state index in [1.54, 1.807) is 6.20 Å². The molecule has 0 aliphatic heterocycles. The van der Waals surface area contributed by atoms with Crippen LogP contribution in [0.5, 0.6) is 5.75 Å². The first-order valence-corrected chi connectivity index (χ1v) is 7.44. The van der Waals surface area contributed by atoms with E-state index in [0.717, 1.165) is 23.2 Å². The Morgan fingerprint density at radius 3 is 2.85 bits per heavy atom. The number of hydrogen-bond acceptors (Lipinski definition) is 3. The van der Waals surface area contributed by atoms with Crippen molar-refractivity contribution in [2.75, 3.05) is 6.54 Å². The minimum absolute atomic E-state index is 0.136. The molecule has 2 aromatic rings. The predicted molar refractivity (Wildman–Crippen MR) is 84.2 cm³/mol. The van der Waals surface area contributed by atoms with Gasteiger partial charge in [-0.2, -0.15) is 0 Å². The van der Waals surface area contributed by atoms with Gasteiger partial charge in [-0.25, -0.2) is 0 Å². The minimum Gasteiger partial charge on any atom is -0.488 e. The lowest BCUT2D eigenvalue weighted by molar-refractivity contribution is 0.211. The zero-order valence-corrected chi connectivity index (χ0v) is 12.6. The fraction of sp³-hybridized carbons (Fsp3) is 0.471. The van der Waals surface area contributed by atoms with Gasteiger partial charge in [-0.05, 0) is 32.4 Å². The van der Waals surface area contributed by atoms with Crippen LogP contribution in [-0.4, -0.2) is 23.7 Å². The van der Waals surface area contributed by atoms with Crippen molar-refractivity contribution in [3.05, 3.63) is 36.5 Å². The van der Waals surface area contributed by atoms with Gasteiger partial charge in [0.1, 0.15) is 11.9 Å². The van der Waals surface area contributed by atoms with E-state index in [9.17, 15) is 0 Å². The molecule has 0 bridgehead atoms. The largest absolute Gasteiger partial charge is 0.488 e. The van der Waals surface area contributed by atoms with E-state index >= 15 is 0 Å². The molecule has 2 unspecified atom stereocenters. The van der Waals surface area contributed by atoms with E-state index in [-0.39, 0.29) is 6.10 Å². The highest BCUT2D eigenvalue weighted by Gasteiger charge is 2.07. The summed E-state index contributed by atoms with van der Waals surface area (Å²) in [4.78, 5) is 4.41. The highest BCUT2D eigenvalue weighted by atomic mass is 16.5. The maximum absolute atomic E-state index is 5.93. The van der Waals surface area contributed by atoms with Gasteiger partial charge in [-0.1, -0.05) is 31.5 Å². The van der Waals surface area contributed by atoms with Crippen LogP contribution in [0.1, 0.15) is 33.6 Å². The zero-order valence-electron chi connectivity index (χ0n) is 12.6. The third kappa shape index (κ3) is 4.20. The smallest absolute Gasteiger partial charge is 0.138 e. The lowest BCUT2D eigenvalue weighted by Crippen LogP contribution is -2.34. The Labute approximate surface area is 121 Å². The average molecular weight is 272 g/mol. The van der Waals surface area contributed by atoms with Crippen molar-refractivity contribution in [2.24, 2.45) is 0 Å². The number of pyridine rings is 1. The van der Waals surface area contributed by atoms with Gasteiger partial charge in [-0.15, -0.1) is 0 Å². The molecule has 0 aliphatic carbocycles. The maximum atomic E-state index is 5.93. The second kappa shape index (κ2) is 7.25. The topological polar surface area (TPSA) is 34.1 Å². The Kier molecular flexibility index (Phi) is 5.36. The summed E-state index contributed by atoms with van der Waals surface area (Å²) in [6, 6.07) is 10.7. The number of rotatable bonds is 7. The summed E-state index contributed by atoms with van der Waals surface area (Å²) < 4.78 is 5.93. The normalized spacial score (nSPS) is 14.2. The van der Waals surface area contributed by atoms with Gasteiger partial charge in [0.2, 0.25) is 0 Å². The van der Waals surface area contributed by atoms with Crippen LogP contribution in [0.25, 0.3) is 10.9 Å². The van der Waals surface area contributed by atoms with Gasteiger partial charge in [0, 0.05) is 18.0 Å². The molecule has 1 N–H and O–H groups in total. The first-order chi connectivity index (χ1) is 9.69. The molecule has 108 valence electrons. The molecule has 2 rings (SSSR count). The predicted octanol–water partition coefficient (Wildman–Crippen LogP) is 3.78. The summed E-state index contributed by atoms with van der Waals surface area (Å²) in [7, 11) is 0. The van der Waals surface area contributed by atoms with Gasteiger partial charge >= 0.3 is 0 Å². The lowest BCUT2D eigenvalue weighted by Gasteiger charge is -2.18. The maximum Gasteiger partial charge on any atom is 0.138 e. The molecule has 20 heavy (non-hydrogen) atoms. The van der Waals surface area contributed by atoms with Crippen molar-refractivity contribution in [1.29, 1.82) is 0 Å². The Morgan fingerprint density at radius 2 is 2.05 bits per heavy atom. The minimum atomic E-state index is 0.136. The van der Waals surface area contributed by atoms with Crippen LogP contribution in [0.2, 0.25) is 0 Å². The molecule has 0 fully saturated rings. The molecule has 1 heterocycles. The van der Waals surface area contributed by atoms with Gasteiger partial charge in [0.05, 0.1) is 11.7 Å². The average Bonchev–Trinajstić information content (AvgIpc) is 2.45. The van der Waals surface area contributed by atoms with E-state index < -0.39 is 0 Å². The highest BCUT2D eigenvalue weighted by molar-refractivity contribution is 5.79. The van der Waals surface area contributed by atoms with Crippen molar-refractivity contribution in [2.45, 2.75) is 45.8 Å². The standard InChI is InChI=1S/C17H24N2O/c1-4-7-13(2)18-11-14(3)20-16-10-15-8-5-6-9-17(15)19-12-16/h5-6,8-10,12-14,18H,4,7,11H2,1-3H3. The quantitative estimate of drug-likeness (QED) is 0.833. The summed E-state index contributed by atoms with van der Waals surface area (Å²) in [6.07, 6.45) is 4.34. The van der Waals surface area contributed by atoms with Crippen molar-refractivity contribution >= 4 is 10.9 Å². The Balaban J connectivity index is 1.90. The third-order valence-corrected chi connectivity index (χ3v) is 3.38. The van der Waals surface area contributed by atoms with Gasteiger partial charge in [-0.3, -0.25) is 4.98 Å². The Hall–Kier alpha value is -1.61. The molecule has 0 saturated carbocycles. The number of nitrogens with zero attached hydrogens (tertiary/aromatic N) is 1. The molecular weight excluding hydrogens is 248 g/mol. The van der Waals surface area contributed by atoms with E-state index in [0.29, 0.717) is 6.04 Å². The van der Waals surface area contributed by atoms with Crippen LogP contribution in [-0.2, 0) is 0 Å². The molecule has 0 saturated heterocycles. The van der Waals surface area contributed by atoms with E-state index in [4.69, 9.17) is 4.74 Å². The molecule has 1 aromatic heterocycles. The van der Waals surface area contributed by atoms with Crippen molar-refractivity contribution < 1.29 is 4.74 Å². The first-order valence-electron chi connectivity index (χ1n) is 7.44. The van der Waals surface area contributed by atoms with Crippen LogP contribution in [0, 0.1) is 0 Å². The molecule has 2 atom stereocenters. The summed E-state index contributed by atoms with van der Waals surface area (Å²) in [5.41, 5.74) is 1.00. The van der Waals surface area contributed by atoms with Crippen LogP contribution in [0.4, 0.5) is 0 Å². The molecular formula is C17H24N2O. The summed E-state index contributed by atoms with van der Waals surface area (Å²) in [5, 5.41) is 4.61. The monoisotopic (exact) mass is 272 g/mol. The van der Waals surface area contributed by atoms with Crippen molar-refractivity contribution in [3.8, 4) is 5.75 Å². The number of para-hydroxylation sites is 1. The number of benzene rings is 1. The number of hydrogen-bond donors (Lipinski definition) is 1. The Bertz CT molecular complexity index is 541. The molecule has 3 nitrogen and oxygen atoms in total. The van der Waals surface area contributed by atoms with Gasteiger partial charge < -0.3 is 10.1 Å². The Morgan fingerprint density at radius 1 is 1.25 bits per heavy atom. The fourth-order valence-electron chi connectivity index (χ4n) is 2.29. The van der Waals surface area contributed by atoms with Crippen molar-refractivity contribution in [3.63, 3.8) is 0 Å². The third-order valence-electron chi connectivity index (χ3n) is 3.38. The molecule has 0 radical (unpaired) electrons. The van der Waals surface area contributed by atoms with Crippen LogP contribution in [0.15, 0.2) is 36.5 Å². The number of ether oxygens (including phenoxy) is 1. The number of nitrogens with one attached hydrogen (secondary N) is 1. The molecule has 1 aromatic carbocycles. The molecule has 0 aliphatic rings. The fourth-order valence-corrected chi connectivity index (χ4v) is 2.29. The first kappa shape index (κ1) is 14.8. The summed E-state index contributed by atoms with van der Waals surface area (Å²) in [5.74, 6) is 0.834. The zero-order chi connectivity index (χ0) is 14.4. The van der Waals surface area contributed by atoms with Gasteiger partial charge in [0.25, 0.3) is 0 Å². The van der Waals surface area contributed by atoms with E-state index in [1.807, 2.05) is 24.3 Å². The van der Waals surface area contributed by atoms with Crippen LogP contribution >= 0.6 is 0 Å². The summed E-state index contributed by atoms with van der Waals surface area (Å²) in [6.45, 7) is 7.36. The second-order valence-corrected chi connectivity index (χ2v) is 5.39. The molecule has 0 spiro atoms. The molecule has 0 amide bonds. The lowest BCUT2D eigenvalue weighted by atomic mass is 10.2. The van der Waals surface area contributed by atoms with Gasteiger partial charge in [0.15, 0.2) is 0 Å². The SMILES string of the molecule is CCCC(C)NCC(C)Oc1cnc2ccccc2c1. The van der Waals surface area contributed by atoms with E-state index in [1.165, 1.54) is 12.8 Å². The second-order valence-electron chi connectivity index (χ2n) is 5.39. The molecule has 3 heteroatoms. The highest BCUT2D eigenvalue weighted by Crippen LogP contribution is 2.18. The number of fused-ring (bicyclic) bond motifs is 1. The number of aromatic nitrogens is 1. The summed E-state index contributed by atoms with van der Waals surface area (Å²) >= 11 is 0. The van der Waals surface area contributed by atoms with Crippen LogP contribution in [0.3, 0.4) is 0 Å². The van der Waals surface area contributed by atoms with Crippen LogP contribution < -0.4 is 10.1 Å². The van der Waals surface area contributed by atoms with E-state index in [2.05, 4.69) is 37.1 Å². The van der Waals surface area contributed by atoms with Crippen molar-refractivity contribution in [1.82, 2.24) is 10.3 Å².